The number of benzene rings is 3. The number of quaternary nitrogens is 1. The number of carbonyl (C=O) groups is 1. The third kappa shape index (κ3) is 17.0. The molecule has 1 N–H and O–H groups in total. The minimum Gasteiger partial charge on any atom is -0.457 e. The first kappa shape index (κ1) is 44.6. The van der Waals surface area contributed by atoms with Gasteiger partial charge in [0.05, 0.1) is 34.4 Å². The molecule has 0 aromatic heterocycles. The van der Waals surface area contributed by atoms with Crippen LogP contribution in [0.1, 0.15) is 119 Å². The molecule has 3 aromatic rings. The van der Waals surface area contributed by atoms with Crippen molar-refractivity contribution in [1.29, 1.82) is 0 Å². The van der Waals surface area contributed by atoms with E-state index in [9.17, 15) is 14.3 Å². The number of aryl methyl sites for hydroxylation is 1. The fraction of sp³-hybridized carbons (Fsp3) is 0.568. The quantitative estimate of drug-likeness (QED) is 0.0260. The fourth-order valence-electron chi connectivity index (χ4n) is 6.39. The van der Waals surface area contributed by atoms with Crippen LogP contribution < -0.4 is 0 Å². The van der Waals surface area contributed by atoms with Crippen LogP contribution in [-0.2, 0) is 33.5 Å². The Balaban J connectivity index is 1.68. The monoisotopic (exact) mass is 752 g/mol. The zero-order valence-electron chi connectivity index (χ0n) is 33.2. The van der Waals surface area contributed by atoms with E-state index in [4.69, 9.17) is 18.5 Å². The number of hydrogen-bond donors (Lipinski definition) is 1. The summed E-state index contributed by atoms with van der Waals surface area (Å²) >= 11 is 0. The number of likely N-dealkylation sites (N-methyl/N-ethyl adjacent to an activating group) is 1. The standard InChI is InChI=1S/C44H66NO7P/c1-6-7-8-9-10-11-12-13-14-15-16-17-24-29-43(46)52-42(37-51-53(47,48)50-35-34-45(3,4)5)36-49-44(39-25-20-18-21-26-39,40-27-22-19-23-28-40)41-32-30-38(2)31-33-41/h18-23,25-28,30-33,42H,6-17,24,29,34-37H2,1-5H3/p+1/t42-/m1/s1. The van der Waals surface area contributed by atoms with Gasteiger partial charge in [0.2, 0.25) is 0 Å². The molecule has 1 unspecified atom stereocenters. The summed E-state index contributed by atoms with van der Waals surface area (Å²) in [4.78, 5) is 23.8. The summed E-state index contributed by atoms with van der Waals surface area (Å²) in [5.74, 6) is -0.385. The number of hydrogen-bond acceptors (Lipinski definition) is 6. The molecule has 3 aromatic carbocycles. The van der Waals surface area contributed by atoms with E-state index in [-0.39, 0.29) is 32.2 Å². The first-order chi connectivity index (χ1) is 25.4. The maximum Gasteiger partial charge on any atom is 0.472 e. The van der Waals surface area contributed by atoms with Gasteiger partial charge in [-0.1, -0.05) is 174 Å². The van der Waals surface area contributed by atoms with Crippen molar-refractivity contribution in [2.45, 2.75) is 115 Å². The van der Waals surface area contributed by atoms with E-state index in [1.54, 1.807) is 0 Å². The molecular weight excluding hydrogens is 685 g/mol. The number of ether oxygens (including phenoxy) is 2. The number of esters is 1. The first-order valence-electron chi connectivity index (χ1n) is 19.9. The predicted molar refractivity (Wildman–Crippen MR) is 215 cm³/mol. The lowest BCUT2D eigenvalue weighted by Crippen LogP contribution is -2.38. The molecule has 0 aliphatic rings. The van der Waals surface area contributed by atoms with Crippen LogP contribution in [0.15, 0.2) is 84.9 Å². The number of carbonyl (C=O) groups excluding carboxylic acids is 1. The van der Waals surface area contributed by atoms with Gasteiger partial charge in [0.1, 0.15) is 24.9 Å². The summed E-state index contributed by atoms with van der Waals surface area (Å²) in [5.41, 5.74) is 2.73. The minimum absolute atomic E-state index is 0.0375. The summed E-state index contributed by atoms with van der Waals surface area (Å²) in [6, 6.07) is 28.0. The van der Waals surface area contributed by atoms with Gasteiger partial charge in [-0.2, -0.15) is 0 Å². The van der Waals surface area contributed by atoms with Gasteiger partial charge in [0.15, 0.2) is 0 Å². The van der Waals surface area contributed by atoms with Gasteiger partial charge < -0.3 is 18.9 Å². The van der Waals surface area contributed by atoms with E-state index < -0.39 is 19.5 Å². The van der Waals surface area contributed by atoms with Crippen molar-refractivity contribution in [2.75, 3.05) is 47.5 Å². The fourth-order valence-corrected chi connectivity index (χ4v) is 7.14. The SMILES string of the molecule is CCCCCCCCCCCCCCCC(=O)O[C@H](COC(c1ccccc1)(c1ccccc1)c1ccc(C)cc1)COP(=O)(O)OCC[N+](C)(C)C. The van der Waals surface area contributed by atoms with Crippen molar-refractivity contribution in [3.05, 3.63) is 107 Å². The molecule has 0 fully saturated rings. The van der Waals surface area contributed by atoms with E-state index in [1.165, 1.54) is 64.2 Å². The second-order valence-corrected chi connectivity index (χ2v) is 16.8. The number of nitrogens with zero attached hydrogens (tertiary/aromatic N) is 1. The molecule has 0 amide bonds. The lowest BCUT2D eigenvalue weighted by Gasteiger charge is -2.37. The summed E-state index contributed by atoms with van der Waals surface area (Å²) in [6.45, 7) is 4.39. The van der Waals surface area contributed by atoms with E-state index in [0.29, 0.717) is 11.0 Å². The van der Waals surface area contributed by atoms with Crippen molar-refractivity contribution in [3.8, 4) is 0 Å². The van der Waals surface area contributed by atoms with Crippen LogP contribution in [0.2, 0.25) is 0 Å². The summed E-state index contributed by atoms with van der Waals surface area (Å²) in [5, 5.41) is 0. The van der Waals surface area contributed by atoms with Gasteiger partial charge in [-0.15, -0.1) is 0 Å². The van der Waals surface area contributed by atoms with Crippen LogP contribution in [0.4, 0.5) is 0 Å². The molecule has 0 aliphatic carbocycles. The smallest absolute Gasteiger partial charge is 0.457 e. The Bertz CT molecular complexity index is 1420. The second kappa shape index (κ2) is 23.8. The van der Waals surface area contributed by atoms with E-state index >= 15 is 0 Å². The molecule has 0 spiro atoms. The third-order valence-electron chi connectivity index (χ3n) is 9.53. The van der Waals surface area contributed by atoms with Crippen molar-refractivity contribution in [2.24, 2.45) is 0 Å². The minimum atomic E-state index is -4.43. The summed E-state index contributed by atoms with van der Waals surface area (Å²) in [6.07, 6.45) is 15.1. The number of unbranched alkanes of at least 4 members (excludes halogenated alkanes) is 12. The zero-order valence-corrected chi connectivity index (χ0v) is 34.1. The molecular formula is C44H67NO7P+. The Labute approximate surface area is 320 Å². The molecule has 0 radical (unpaired) electrons. The highest BCUT2D eigenvalue weighted by Crippen LogP contribution is 2.44. The Morgan fingerprint density at radius 2 is 1.15 bits per heavy atom. The molecule has 8 nitrogen and oxygen atoms in total. The van der Waals surface area contributed by atoms with Crippen molar-refractivity contribution >= 4 is 13.8 Å². The average Bonchev–Trinajstić information content (AvgIpc) is 3.13. The predicted octanol–water partition coefficient (Wildman–Crippen LogP) is 10.5. The summed E-state index contributed by atoms with van der Waals surface area (Å²) < 4.78 is 37.1. The largest absolute Gasteiger partial charge is 0.472 e. The lowest BCUT2D eigenvalue weighted by molar-refractivity contribution is -0.870. The van der Waals surface area contributed by atoms with Gasteiger partial charge in [0.25, 0.3) is 0 Å². The maximum absolute atomic E-state index is 13.2. The highest BCUT2D eigenvalue weighted by atomic mass is 31.2. The first-order valence-corrected chi connectivity index (χ1v) is 21.4. The van der Waals surface area contributed by atoms with Gasteiger partial charge in [-0.05, 0) is 30.0 Å². The molecule has 9 heteroatoms. The van der Waals surface area contributed by atoms with E-state index in [0.717, 1.165) is 41.5 Å². The molecule has 2 atom stereocenters. The number of phosphoric acid groups is 1. The Morgan fingerprint density at radius 3 is 1.64 bits per heavy atom. The second-order valence-electron chi connectivity index (χ2n) is 15.3. The van der Waals surface area contributed by atoms with Crippen molar-refractivity contribution in [1.82, 2.24) is 0 Å². The zero-order chi connectivity index (χ0) is 38.4. The van der Waals surface area contributed by atoms with E-state index in [2.05, 4.69) is 6.92 Å². The van der Waals surface area contributed by atoms with Crippen LogP contribution in [0.5, 0.6) is 0 Å². The lowest BCUT2D eigenvalue weighted by atomic mass is 9.80. The van der Waals surface area contributed by atoms with Gasteiger partial charge in [-0.3, -0.25) is 13.8 Å². The van der Waals surface area contributed by atoms with Gasteiger partial charge >= 0.3 is 13.8 Å². The molecule has 0 saturated heterocycles. The third-order valence-corrected chi connectivity index (χ3v) is 10.5. The van der Waals surface area contributed by atoms with Crippen LogP contribution in [0.25, 0.3) is 0 Å². The van der Waals surface area contributed by atoms with Crippen molar-refractivity contribution in [3.63, 3.8) is 0 Å². The van der Waals surface area contributed by atoms with E-state index in [1.807, 2.05) is 113 Å². The highest BCUT2D eigenvalue weighted by Gasteiger charge is 2.39. The molecule has 294 valence electrons. The molecule has 53 heavy (non-hydrogen) atoms. The maximum atomic E-state index is 13.2. The Morgan fingerprint density at radius 1 is 0.679 bits per heavy atom. The van der Waals surface area contributed by atoms with Gasteiger partial charge in [-0.25, -0.2) is 4.57 Å². The van der Waals surface area contributed by atoms with Crippen LogP contribution in [0.3, 0.4) is 0 Å². The average molecular weight is 753 g/mol. The van der Waals surface area contributed by atoms with Crippen LogP contribution in [0, 0.1) is 6.92 Å². The van der Waals surface area contributed by atoms with Crippen LogP contribution in [-0.4, -0.2) is 69.0 Å². The number of rotatable bonds is 28. The molecule has 0 saturated carbocycles. The molecule has 0 aliphatic heterocycles. The van der Waals surface area contributed by atoms with Gasteiger partial charge in [0, 0.05) is 6.42 Å². The molecule has 0 bridgehead atoms. The molecule has 3 rings (SSSR count). The Kier molecular flexibility index (Phi) is 20.0. The Hall–Kier alpha value is -2.84. The normalized spacial score (nSPS) is 13.8. The number of phosphoric ester groups is 1. The summed E-state index contributed by atoms with van der Waals surface area (Å²) in [7, 11) is 1.48. The highest BCUT2D eigenvalue weighted by molar-refractivity contribution is 7.47. The molecule has 0 heterocycles. The van der Waals surface area contributed by atoms with Crippen molar-refractivity contribution < 1.29 is 37.3 Å². The van der Waals surface area contributed by atoms with Crippen LogP contribution >= 0.6 is 7.82 Å². The topological polar surface area (TPSA) is 91.3 Å².